The lowest BCUT2D eigenvalue weighted by molar-refractivity contribution is -0.896. The van der Waals surface area contributed by atoms with Gasteiger partial charge in [0.1, 0.15) is 5.75 Å². The molecule has 0 amide bonds. The second-order valence-electron chi connectivity index (χ2n) is 5.66. The summed E-state index contributed by atoms with van der Waals surface area (Å²) in [6, 6.07) is 5.12. The van der Waals surface area contributed by atoms with Crippen molar-refractivity contribution in [2.75, 3.05) is 50.9 Å². The van der Waals surface area contributed by atoms with Crippen molar-refractivity contribution >= 4 is 11.4 Å². The van der Waals surface area contributed by atoms with Crippen molar-refractivity contribution in [3.8, 4) is 5.75 Å². The fourth-order valence-corrected chi connectivity index (χ4v) is 2.70. The van der Waals surface area contributed by atoms with E-state index in [9.17, 15) is 5.11 Å². The summed E-state index contributed by atoms with van der Waals surface area (Å²) in [6.07, 6.45) is 2.68. The maximum Gasteiger partial charge on any atom is 0.117 e. The SMILES string of the molecule is CN(CC[N+]1(C)CCCC1)c1cc(O)ccc1N. The first-order chi connectivity index (χ1) is 8.50. The van der Waals surface area contributed by atoms with E-state index in [0.29, 0.717) is 0 Å². The van der Waals surface area contributed by atoms with Gasteiger partial charge in [0.2, 0.25) is 0 Å². The third kappa shape index (κ3) is 2.88. The molecule has 0 unspecified atom stereocenters. The summed E-state index contributed by atoms with van der Waals surface area (Å²) in [6.45, 7) is 4.66. The number of hydrogen-bond acceptors (Lipinski definition) is 3. The molecule has 1 aliphatic rings. The van der Waals surface area contributed by atoms with E-state index in [0.717, 1.165) is 28.9 Å². The summed E-state index contributed by atoms with van der Waals surface area (Å²) < 4.78 is 1.16. The van der Waals surface area contributed by atoms with Crippen LogP contribution < -0.4 is 10.6 Å². The van der Waals surface area contributed by atoms with Crippen LogP contribution in [0, 0.1) is 0 Å². The van der Waals surface area contributed by atoms with Gasteiger partial charge in [-0.05, 0) is 12.1 Å². The molecule has 0 radical (unpaired) electrons. The summed E-state index contributed by atoms with van der Waals surface area (Å²) in [5.74, 6) is 0.271. The van der Waals surface area contributed by atoms with Crippen LogP contribution in [0.1, 0.15) is 12.8 Å². The average Bonchev–Trinajstić information content (AvgIpc) is 2.77. The molecular formula is C14H24N3O+. The second kappa shape index (κ2) is 5.06. The highest BCUT2D eigenvalue weighted by Gasteiger charge is 2.26. The van der Waals surface area contributed by atoms with Crippen molar-refractivity contribution in [3.63, 3.8) is 0 Å². The number of hydrogen-bond donors (Lipinski definition) is 2. The second-order valence-corrected chi connectivity index (χ2v) is 5.66. The molecule has 0 saturated carbocycles. The van der Waals surface area contributed by atoms with Crippen LogP contribution in [0.2, 0.25) is 0 Å². The summed E-state index contributed by atoms with van der Waals surface area (Å²) in [7, 11) is 4.36. The molecule has 18 heavy (non-hydrogen) atoms. The highest BCUT2D eigenvalue weighted by atomic mass is 16.3. The van der Waals surface area contributed by atoms with E-state index in [1.54, 1.807) is 18.2 Å². The van der Waals surface area contributed by atoms with Crippen molar-refractivity contribution in [2.24, 2.45) is 0 Å². The van der Waals surface area contributed by atoms with Gasteiger partial charge in [0, 0.05) is 26.0 Å². The molecule has 4 heteroatoms. The molecule has 0 aliphatic carbocycles. The minimum absolute atomic E-state index is 0.271. The van der Waals surface area contributed by atoms with Crippen LogP contribution in [-0.2, 0) is 0 Å². The highest BCUT2D eigenvalue weighted by molar-refractivity contribution is 5.69. The van der Waals surface area contributed by atoms with E-state index in [4.69, 9.17) is 5.73 Å². The van der Waals surface area contributed by atoms with E-state index in [1.165, 1.54) is 25.9 Å². The van der Waals surface area contributed by atoms with Crippen LogP contribution in [-0.4, -0.2) is 49.9 Å². The van der Waals surface area contributed by atoms with Gasteiger partial charge in [0.25, 0.3) is 0 Å². The first-order valence-electron chi connectivity index (χ1n) is 6.63. The number of nitrogen functional groups attached to an aromatic ring is 1. The fraction of sp³-hybridized carbons (Fsp3) is 0.571. The molecule has 4 nitrogen and oxygen atoms in total. The van der Waals surface area contributed by atoms with Crippen LogP contribution in [0.5, 0.6) is 5.75 Å². The Morgan fingerprint density at radius 2 is 2.00 bits per heavy atom. The molecule has 0 atom stereocenters. The first kappa shape index (κ1) is 13.0. The molecule has 3 N–H and O–H groups in total. The quantitative estimate of drug-likeness (QED) is 0.485. The lowest BCUT2D eigenvalue weighted by Gasteiger charge is -2.32. The Bertz CT molecular complexity index is 414. The Labute approximate surface area is 109 Å². The van der Waals surface area contributed by atoms with E-state index in [2.05, 4.69) is 11.9 Å². The predicted octanol–water partition coefficient (Wildman–Crippen LogP) is 1.65. The molecular weight excluding hydrogens is 226 g/mol. The Balaban J connectivity index is 1.99. The average molecular weight is 250 g/mol. The largest absolute Gasteiger partial charge is 0.508 e. The number of anilines is 2. The van der Waals surface area contributed by atoms with Gasteiger partial charge in [-0.15, -0.1) is 0 Å². The highest BCUT2D eigenvalue weighted by Crippen LogP contribution is 2.27. The minimum Gasteiger partial charge on any atom is -0.508 e. The third-order valence-electron chi connectivity index (χ3n) is 4.05. The maximum atomic E-state index is 9.53. The van der Waals surface area contributed by atoms with Crippen molar-refractivity contribution < 1.29 is 9.59 Å². The summed E-state index contributed by atoms with van der Waals surface area (Å²) in [4.78, 5) is 2.14. The van der Waals surface area contributed by atoms with E-state index >= 15 is 0 Å². The molecule has 100 valence electrons. The van der Waals surface area contributed by atoms with Crippen LogP contribution in [0.3, 0.4) is 0 Å². The van der Waals surface area contributed by atoms with Crippen LogP contribution in [0.15, 0.2) is 18.2 Å². The molecule has 0 bridgehead atoms. The van der Waals surface area contributed by atoms with Gasteiger partial charge in [0.15, 0.2) is 0 Å². The standard InChI is InChI=1S/C14H23N3O/c1-16(7-10-17(2)8-3-4-9-17)14-11-12(18)5-6-13(14)15/h5-6,11H,3-4,7-10,15H2,1-2H3/p+1. The molecule has 2 rings (SSSR count). The first-order valence-corrected chi connectivity index (χ1v) is 6.63. The molecule has 1 saturated heterocycles. The number of likely N-dealkylation sites (N-methyl/N-ethyl adjacent to an activating group) is 2. The smallest absolute Gasteiger partial charge is 0.117 e. The van der Waals surface area contributed by atoms with Gasteiger partial charge in [-0.1, -0.05) is 0 Å². The Hall–Kier alpha value is -1.42. The molecule has 0 aromatic heterocycles. The van der Waals surface area contributed by atoms with Gasteiger partial charge in [-0.2, -0.15) is 0 Å². The minimum atomic E-state index is 0.271. The zero-order chi connectivity index (χ0) is 13.2. The Morgan fingerprint density at radius 3 is 2.67 bits per heavy atom. The molecule has 0 spiro atoms. The van der Waals surface area contributed by atoms with Crippen molar-refractivity contribution in [3.05, 3.63) is 18.2 Å². The lowest BCUT2D eigenvalue weighted by atomic mass is 10.2. The predicted molar refractivity (Wildman–Crippen MR) is 75.8 cm³/mol. The van der Waals surface area contributed by atoms with Gasteiger partial charge in [-0.25, -0.2) is 0 Å². The summed E-state index contributed by atoms with van der Waals surface area (Å²) in [5.41, 5.74) is 7.59. The van der Waals surface area contributed by atoms with Gasteiger partial charge >= 0.3 is 0 Å². The maximum absolute atomic E-state index is 9.53. The molecule has 1 heterocycles. The molecule has 1 aliphatic heterocycles. The number of aromatic hydroxyl groups is 1. The van der Waals surface area contributed by atoms with Crippen molar-refractivity contribution in [1.29, 1.82) is 0 Å². The molecule has 1 fully saturated rings. The fourth-order valence-electron chi connectivity index (χ4n) is 2.70. The van der Waals surface area contributed by atoms with E-state index in [-0.39, 0.29) is 5.75 Å². The number of rotatable bonds is 4. The molecule has 1 aromatic rings. The number of phenolic OH excluding ortho intramolecular Hbond substituents is 1. The Morgan fingerprint density at radius 1 is 1.33 bits per heavy atom. The number of nitrogens with zero attached hydrogens (tertiary/aromatic N) is 2. The lowest BCUT2D eigenvalue weighted by Crippen LogP contribution is -2.45. The summed E-state index contributed by atoms with van der Waals surface area (Å²) >= 11 is 0. The van der Waals surface area contributed by atoms with E-state index < -0.39 is 0 Å². The number of likely N-dealkylation sites (tertiary alicyclic amines) is 1. The zero-order valence-corrected chi connectivity index (χ0v) is 11.4. The van der Waals surface area contributed by atoms with Gasteiger partial charge in [-0.3, -0.25) is 0 Å². The van der Waals surface area contributed by atoms with Crippen LogP contribution in [0.4, 0.5) is 11.4 Å². The summed E-state index contributed by atoms with van der Waals surface area (Å²) in [5, 5.41) is 9.53. The van der Waals surface area contributed by atoms with Crippen molar-refractivity contribution in [1.82, 2.24) is 0 Å². The third-order valence-corrected chi connectivity index (χ3v) is 4.05. The monoisotopic (exact) mass is 250 g/mol. The van der Waals surface area contributed by atoms with Gasteiger partial charge < -0.3 is 20.2 Å². The number of quaternary nitrogens is 1. The molecule has 1 aromatic carbocycles. The number of benzene rings is 1. The Kier molecular flexibility index (Phi) is 3.66. The van der Waals surface area contributed by atoms with Gasteiger partial charge in [0.05, 0.1) is 44.6 Å². The van der Waals surface area contributed by atoms with Crippen LogP contribution in [0.25, 0.3) is 0 Å². The van der Waals surface area contributed by atoms with Crippen LogP contribution >= 0.6 is 0 Å². The zero-order valence-electron chi connectivity index (χ0n) is 11.4. The van der Waals surface area contributed by atoms with E-state index in [1.807, 2.05) is 7.05 Å². The van der Waals surface area contributed by atoms with Crippen molar-refractivity contribution in [2.45, 2.75) is 12.8 Å². The normalized spacial score (nSPS) is 17.9. The number of nitrogens with two attached hydrogens (primary N) is 1. The topological polar surface area (TPSA) is 49.5 Å². The number of phenols is 1.